The van der Waals surface area contributed by atoms with E-state index in [1.54, 1.807) is 24.3 Å². The first-order valence-corrected chi connectivity index (χ1v) is 11.9. The number of rotatable bonds is 12. The number of carbonyl (C=O) groups is 2. The molecule has 39 heavy (non-hydrogen) atoms. The molecule has 0 spiro atoms. The Hall–Kier alpha value is -3.27. The molecule has 0 fully saturated rings. The van der Waals surface area contributed by atoms with Crippen molar-refractivity contribution in [2.24, 2.45) is 0 Å². The van der Waals surface area contributed by atoms with Crippen molar-refractivity contribution < 1.29 is 63.6 Å². The second kappa shape index (κ2) is 14.8. The summed E-state index contributed by atoms with van der Waals surface area (Å²) in [7, 11) is 0. The first-order valence-electron chi connectivity index (χ1n) is 11.9. The summed E-state index contributed by atoms with van der Waals surface area (Å²) in [5.41, 5.74) is 2.18. The van der Waals surface area contributed by atoms with Crippen LogP contribution in [0.5, 0.6) is 5.88 Å². The van der Waals surface area contributed by atoms with Crippen LogP contribution in [0.3, 0.4) is 0 Å². The van der Waals surface area contributed by atoms with E-state index in [-0.39, 0.29) is 66.6 Å². The van der Waals surface area contributed by atoms with Gasteiger partial charge in [-0.2, -0.15) is 10.4 Å². The molecule has 0 saturated heterocycles. The number of carbonyl (C=O) groups excluding carboxylic acids is 2. The number of nitrogens with zero attached hydrogens (tertiary/aromatic N) is 3. The van der Waals surface area contributed by atoms with Gasteiger partial charge in [-0.15, -0.1) is 0 Å². The summed E-state index contributed by atoms with van der Waals surface area (Å²) >= 11 is 0. The number of nitrogens with one attached hydrogen (secondary N) is 1. The normalized spacial score (nSPS) is 12.2. The van der Waals surface area contributed by atoms with Gasteiger partial charge in [0, 0.05) is 30.9 Å². The Labute approximate surface area is 247 Å². The molecule has 2 aromatic carbocycles. The van der Waals surface area contributed by atoms with Crippen LogP contribution in [0, 0.1) is 17.1 Å². The smallest absolute Gasteiger partial charge is 0.550 e. The number of carboxylic acid groups (broad SMARTS) is 1. The summed E-state index contributed by atoms with van der Waals surface area (Å²) in [6, 6.07) is 14.1. The number of carboxylic acids is 1. The van der Waals surface area contributed by atoms with Crippen LogP contribution in [0.1, 0.15) is 59.8 Å². The molecular weight excluding hydrogens is 518 g/mol. The van der Waals surface area contributed by atoms with Gasteiger partial charge in [-0.05, 0) is 47.9 Å². The Balaban J connectivity index is 0.00000533. The maximum absolute atomic E-state index is 13.6. The van der Waals surface area contributed by atoms with Crippen molar-refractivity contribution in [3.63, 3.8) is 0 Å². The number of halogens is 1. The van der Waals surface area contributed by atoms with Crippen LogP contribution in [-0.4, -0.2) is 50.7 Å². The van der Waals surface area contributed by atoms with Gasteiger partial charge in [-0.3, -0.25) is 4.79 Å². The maximum atomic E-state index is 13.6. The van der Waals surface area contributed by atoms with Crippen LogP contribution >= 0.6 is 0 Å². The summed E-state index contributed by atoms with van der Waals surface area (Å²) in [5, 5.41) is 47.0. The quantitative estimate of drug-likeness (QED) is 0.233. The fourth-order valence-corrected chi connectivity index (χ4v) is 3.80. The largest absolute Gasteiger partial charge is 1.00 e. The van der Waals surface area contributed by atoms with Crippen LogP contribution in [0.2, 0.25) is 0 Å². The third-order valence-electron chi connectivity index (χ3n) is 5.64. The average molecular weight is 547 g/mol. The number of ether oxygens (including phenoxy) is 1. The van der Waals surface area contributed by atoms with Crippen LogP contribution < -0.4 is 44.7 Å². The summed E-state index contributed by atoms with van der Waals surface area (Å²) < 4.78 is 20.8. The molecule has 3 N–H and O–H groups in total. The average Bonchev–Trinajstić information content (AvgIpc) is 3.26. The Kier molecular flexibility index (Phi) is 12.1. The van der Waals surface area contributed by atoms with E-state index in [4.69, 9.17) is 10.00 Å². The first-order chi connectivity index (χ1) is 18.1. The van der Waals surface area contributed by atoms with Gasteiger partial charge in [0.25, 0.3) is 5.91 Å². The van der Waals surface area contributed by atoms with Crippen molar-refractivity contribution >= 4 is 11.9 Å². The van der Waals surface area contributed by atoms with Gasteiger partial charge in [0.15, 0.2) is 5.69 Å². The van der Waals surface area contributed by atoms with E-state index < -0.39 is 36.3 Å². The van der Waals surface area contributed by atoms with Gasteiger partial charge in [0.05, 0.1) is 29.5 Å². The molecule has 0 bridgehead atoms. The first kappa shape index (κ1) is 31.9. The monoisotopic (exact) mass is 546 g/mol. The number of aromatic nitrogens is 2. The van der Waals surface area contributed by atoms with E-state index in [9.17, 15) is 29.3 Å². The molecule has 0 radical (unpaired) electrons. The number of benzene rings is 2. The van der Waals surface area contributed by atoms with E-state index >= 15 is 0 Å². The topological polar surface area (TPSA) is 161 Å². The number of hydrogen-bond donors (Lipinski definition) is 3. The van der Waals surface area contributed by atoms with E-state index in [2.05, 4.69) is 10.4 Å². The summed E-state index contributed by atoms with van der Waals surface area (Å²) in [6.07, 6.45) is -3.46. The fourth-order valence-electron chi connectivity index (χ4n) is 3.80. The molecule has 3 aromatic rings. The minimum Gasteiger partial charge on any atom is -0.550 e. The van der Waals surface area contributed by atoms with Gasteiger partial charge in [0.2, 0.25) is 5.88 Å². The maximum Gasteiger partial charge on any atom is 1.00 e. The summed E-state index contributed by atoms with van der Waals surface area (Å²) in [6.45, 7) is 3.51. The van der Waals surface area contributed by atoms with Crippen molar-refractivity contribution in [3.8, 4) is 17.6 Å². The molecule has 0 unspecified atom stereocenters. The molecule has 1 heterocycles. The molecule has 10 nitrogen and oxygen atoms in total. The molecule has 2 atom stereocenters. The van der Waals surface area contributed by atoms with Crippen molar-refractivity contribution in [3.05, 3.63) is 76.7 Å². The Morgan fingerprint density at radius 3 is 2.33 bits per heavy atom. The molecule has 3 rings (SSSR count). The number of amides is 1. The van der Waals surface area contributed by atoms with Crippen molar-refractivity contribution in [1.82, 2.24) is 15.1 Å². The predicted octanol–water partition coefficient (Wildman–Crippen LogP) is -1.43. The second-order valence-corrected chi connectivity index (χ2v) is 9.03. The number of aliphatic carboxylic acids is 1. The van der Waals surface area contributed by atoms with Crippen molar-refractivity contribution in [2.75, 3.05) is 6.61 Å². The van der Waals surface area contributed by atoms with Crippen molar-refractivity contribution in [2.45, 2.75) is 51.4 Å². The van der Waals surface area contributed by atoms with Crippen LogP contribution in [0.4, 0.5) is 4.39 Å². The zero-order valence-corrected chi connectivity index (χ0v) is 23.9. The van der Waals surface area contributed by atoms with Crippen LogP contribution in [0.25, 0.3) is 5.69 Å². The van der Waals surface area contributed by atoms with Crippen molar-refractivity contribution in [1.29, 1.82) is 5.26 Å². The molecule has 200 valence electrons. The van der Waals surface area contributed by atoms with E-state index in [0.29, 0.717) is 16.8 Å². The Morgan fingerprint density at radius 1 is 1.13 bits per heavy atom. The third-order valence-corrected chi connectivity index (χ3v) is 5.64. The number of hydrogen-bond acceptors (Lipinski definition) is 8. The van der Waals surface area contributed by atoms with E-state index in [1.165, 1.54) is 28.9 Å². The Morgan fingerprint density at radius 2 is 1.77 bits per heavy atom. The summed E-state index contributed by atoms with van der Waals surface area (Å²) in [4.78, 5) is 23.9. The molecule has 0 saturated carbocycles. The standard InChI is InChI=1S/C27H29FN4O6.Na/c1-16(2)24-25(26(37)30-14-18-5-3-17(13-29)4-6-18)31-32(20-9-7-19(28)8-10-20)27(24)38-15-22(34)11-21(33)12-23(35)36;/h3-10,16,21-22,33-34H,11-12,14-15H2,1-2H3,(H,30,37)(H,35,36);/q;+1/p-1/t21-,22+;/m1./s1. The molecule has 0 aliphatic carbocycles. The van der Waals surface area contributed by atoms with E-state index in [0.717, 1.165) is 5.56 Å². The fraction of sp³-hybridized carbons (Fsp3) is 0.333. The molecule has 0 aliphatic rings. The zero-order chi connectivity index (χ0) is 27.8. The zero-order valence-electron chi connectivity index (χ0n) is 21.9. The number of aliphatic hydroxyl groups is 2. The molecule has 1 aromatic heterocycles. The summed E-state index contributed by atoms with van der Waals surface area (Å²) in [5.74, 6) is -2.52. The molecule has 0 aliphatic heterocycles. The third kappa shape index (κ3) is 8.88. The van der Waals surface area contributed by atoms with Crippen LogP contribution in [0.15, 0.2) is 48.5 Å². The van der Waals surface area contributed by atoms with Gasteiger partial charge < -0.3 is 30.2 Å². The molecule has 12 heteroatoms. The molecular formula is C27H28FN4NaO6. The van der Waals surface area contributed by atoms with Crippen LogP contribution in [-0.2, 0) is 11.3 Å². The predicted molar refractivity (Wildman–Crippen MR) is 132 cm³/mol. The second-order valence-electron chi connectivity index (χ2n) is 9.03. The molecule has 1 amide bonds. The van der Waals surface area contributed by atoms with Gasteiger partial charge in [-0.1, -0.05) is 26.0 Å². The Bertz CT molecular complexity index is 1310. The van der Waals surface area contributed by atoms with Gasteiger partial charge in [0.1, 0.15) is 12.4 Å². The SMILES string of the molecule is CC(C)c1c(C(=O)NCc2ccc(C#N)cc2)nn(-c2ccc(F)cc2)c1OC[C@@H](O)C[C@@H](O)CC(=O)[O-].[Na+]. The minimum atomic E-state index is -1.45. The number of nitriles is 1. The number of aliphatic hydroxyl groups excluding tert-OH is 2. The minimum absolute atomic E-state index is 0. The van der Waals surface area contributed by atoms with Gasteiger partial charge >= 0.3 is 29.6 Å². The van der Waals surface area contributed by atoms with E-state index in [1.807, 2.05) is 19.9 Å². The van der Waals surface area contributed by atoms with Gasteiger partial charge in [-0.25, -0.2) is 9.07 Å².